The van der Waals surface area contributed by atoms with Crippen molar-refractivity contribution >= 4 is 11.9 Å². The van der Waals surface area contributed by atoms with Crippen LogP contribution in [-0.4, -0.2) is 59.5 Å². The Kier molecular flexibility index (Phi) is 14.2. The maximum Gasteiger partial charge on any atom is 0.163 e. The lowest BCUT2D eigenvalue weighted by Gasteiger charge is -2.45. The molecule has 0 bridgehead atoms. The minimum absolute atomic E-state index is 0.180. The highest BCUT2D eigenvalue weighted by Gasteiger charge is 2.47. The molecule has 248 valence electrons. The number of hydrogen-bond donors (Lipinski definition) is 1. The summed E-state index contributed by atoms with van der Waals surface area (Å²) in [4.78, 5) is 18.6. The maximum absolute atomic E-state index is 14.3. The van der Waals surface area contributed by atoms with Gasteiger partial charge in [-0.3, -0.25) is 9.78 Å². The van der Waals surface area contributed by atoms with Gasteiger partial charge in [-0.25, -0.2) is 0 Å². The number of rotatable bonds is 16. The summed E-state index contributed by atoms with van der Waals surface area (Å²) in [5, 5.41) is 10.7. The molecule has 2 saturated heterocycles. The van der Waals surface area contributed by atoms with E-state index in [1.807, 2.05) is 58.9 Å². The summed E-state index contributed by atoms with van der Waals surface area (Å²) in [7, 11) is 0. The predicted octanol–water partition coefficient (Wildman–Crippen LogP) is 8.06. The molecular formula is C37H59NO6. The molecule has 1 aromatic rings. The second-order valence-corrected chi connectivity index (χ2v) is 14.0. The molecule has 44 heavy (non-hydrogen) atoms. The Labute approximate surface area is 266 Å². The monoisotopic (exact) mass is 613 g/mol. The lowest BCUT2D eigenvalue weighted by molar-refractivity contribution is -0.289. The van der Waals surface area contributed by atoms with E-state index in [0.717, 1.165) is 49.8 Å². The summed E-state index contributed by atoms with van der Waals surface area (Å²) in [5.74, 6) is -0.564. The van der Waals surface area contributed by atoms with E-state index in [1.54, 1.807) is 6.20 Å². The standard InChI is InChI=1S/C37H59NO6/c1-9-30(35(40)36(5,6)32-21-24-42-37(7,8)44-32)34(43-33-18-11-13-23-41-33)27(3)16-14-15-26(2)19-20-31(39)28(4)25-29-17-10-12-22-38-29/h10,12,17,19,22,25,27,30-34,39H,9,11,13-16,18,20-21,23-24H2,1-8H3/b26-19+,28-25+/t27-,30?,31-,32-,33?,34-/m0/s1. The number of ketones is 1. The third-order valence-corrected chi connectivity index (χ3v) is 9.39. The van der Waals surface area contributed by atoms with Gasteiger partial charge in [0.25, 0.3) is 0 Å². The summed E-state index contributed by atoms with van der Waals surface area (Å²) in [5.41, 5.74) is 2.35. The fraction of sp³-hybridized carbons (Fsp3) is 0.730. The van der Waals surface area contributed by atoms with E-state index in [1.165, 1.54) is 5.57 Å². The normalized spacial score (nSPS) is 24.4. The molecule has 0 amide bonds. The highest BCUT2D eigenvalue weighted by molar-refractivity contribution is 5.87. The molecule has 2 fully saturated rings. The molecule has 2 aliphatic rings. The van der Waals surface area contributed by atoms with E-state index >= 15 is 0 Å². The lowest BCUT2D eigenvalue weighted by atomic mass is 9.71. The molecule has 1 N–H and O–H groups in total. The van der Waals surface area contributed by atoms with Crippen molar-refractivity contribution in [1.29, 1.82) is 0 Å². The van der Waals surface area contributed by atoms with Gasteiger partial charge in [-0.2, -0.15) is 0 Å². The molecule has 1 aromatic heterocycles. The first kappa shape index (κ1) is 36.6. The van der Waals surface area contributed by atoms with E-state index in [9.17, 15) is 9.90 Å². The highest BCUT2D eigenvalue weighted by atomic mass is 16.7. The number of nitrogens with zero attached hydrogens (tertiary/aromatic N) is 1. The first-order chi connectivity index (χ1) is 20.8. The van der Waals surface area contributed by atoms with Crippen LogP contribution < -0.4 is 0 Å². The molecule has 3 rings (SSSR count). The zero-order valence-corrected chi connectivity index (χ0v) is 28.6. The second kappa shape index (κ2) is 17.1. The van der Waals surface area contributed by atoms with Gasteiger partial charge in [0.05, 0.1) is 36.0 Å². The molecule has 0 radical (unpaired) electrons. The van der Waals surface area contributed by atoms with Crippen LogP contribution in [0.5, 0.6) is 0 Å². The van der Waals surface area contributed by atoms with Gasteiger partial charge in [0.2, 0.25) is 0 Å². The van der Waals surface area contributed by atoms with E-state index in [-0.39, 0.29) is 36.1 Å². The predicted molar refractivity (Wildman–Crippen MR) is 176 cm³/mol. The summed E-state index contributed by atoms with van der Waals surface area (Å²) < 4.78 is 24.8. The maximum atomic E-state index is 14.3. The van der Waals surface area contributed by atoms with Crippen molar-refractivity contribution in [1.82, 2.24) is 4.98 Å². The van der Waals surface area contributed by atoms with Gasteiger partial charge in [0.1, 0.15) is 5.78 Å². The van der Waals surface area contributed by atoms with Crippen LogP contribution in [0.3, 0.4) is 0 Å². The largest absolute Gasteiger partial charge is 0.388 e. The lowest BCUT2D eigenvalue weighted by Crippen LogP contribution is -2.52. The van der Waals surface area contributed by atoms with Gasteiger partial charge < -0.3 is 24.1 Å². The Hall–Kier alpha value is -1.90. The highest BCUT2D eigenvalue weighted by Crippen LogP contribution is 2.40. The minimum Gasteiger partial charge on any atom is -0.388 e. The van der Waals surface area contributed by atoms with E-state index < -0.39 is 17.3 Å². The Bertz CT molecular complexity index is 1070. The van der Waals surface area contributed by atoms with Crippen molar-refractivity contribution in [2.45, 2.75) is 144 Å². The molecule has 7 heteroatoms. The molecule has 3 heterocycles. The number of hydrogen-bond acceptors (Lipinski definition) is 7. The third kappa shape index (κ3) is 10.9. The van der Waals surface area contributed by atoms with Gasteiger partial charge in [0.15, 0.2) is 12.1 Å². The fourth-order valence-corrected chi connectivity index (χ4v) is 6.44. The number of ether oxygens (including phenoxy) is 4. The van der Waals surface area contributed by atoms with Crippen molar-refractivity contribution in [3.8, 4) is 0 Å². The van der Waals surface area contributed by atoms with Crippen molar-refractivity contribution in [3.05, 3.63) is 47.3 Å². The Morgan fingerprint density at radius 3 is 2.61 bits per heavy atom. The summed E-state index contributed by atoms with van der Waals surface area (Å²) in [6.07, 6.45) is 12.5. The van der Waals surface area contributed by atoms with Gasteiger partial charge >= 0.3 is 0 Å². The van der Waals surface area contributed by atoms with Crippen LogP contribution in [0.4, 0.5) is 0 Å². The van der Waals surface area contributed by atoms with Crippen LogP contribution in [-0.2, 0) is 23.7 Å². The third-order valence-electron chi connectivity index (χ3n) is 9.39. The molecule has 2 aliphatic heterocycles. The fourth-order valence-electron chi connectivity index (χ4n) is 6.44. The van der Waals surface area contributed by atoms with Crippen LogP contribution in [0.1, 0.15) is 119 Å². The first-order valence-corrected chi connectivity index (χ1v) is 16.9. The van der Waals surface area contributed by atoms with Gasteiger partial charge in [-0.05, 0) is 115 Å². The minimum atomic E-state index is -0.698. The molecule has 0 spiro atoms. The van der Waals surface area contributed by atoms with E-state index in [2.05, 4.69) is 31.8 Å². The quantitative estimate of drug-likeness (QED) is 0.189. The van der Waals surface area contributed by atoms with Crippen molar-refractivity contribution in [3.63, 3.8) is 0 Å². The van der Waals surface area contributed by atoms with Gasteiger partial charge in [-0.1, -0.05) is 45.4 Å². The Morgan fingerprint density at radius 1 is 1.20 bits per heavy atom. The first-order valence-electron chi connectivity index (χ1n) is 16.9. The molecule has 2 unspecified atom stereocenters. The number of carbonyl (C=O) groups is 1. The summed E-state index contributed by atoms with van der Waals surface area (Å²) in [6, 6.07) is 5.77. The number of Topliss-reactive ketones (excluding diaryl/α,β-unsaturated/α-hetero) is 1. The molecule has 0 aromatic carbocycles. The van der Waals surface area contributed by atoms with Crippen LogP contribution in [0.15, 0.2) is 41.6 Å². The number of pyridine rings is 1. The second-order valence-electron chi connectivity index (χ2n) is 14.0. The zero-order valence-electron chi connectivity index (χ0n) is 28.6. The smallest absolute Gasteiger partial charge is 0.163 e. The van der Waals surface area contributed by atoms with E-state index in [4.69, 9.17) is 18.9 Å². The van der Waals surface area contributed by atoms with Crippen molar-refractivity contribution < 1.29 is 28.8 Å². The number of aromatic nitrogens is 1. The van der Waals surface area contributed by atoms with Gasteiger partial charge in [-0.15, -0.1) is 0 Å². The topological polar surface area (TPSA) is 87.1 Å². The van der Waals surface area contributed by atoms with Crippen LogP contribution in [0.2, 0.25) is 0 Å². The molecule has 0 aliphatic carbocycles. The molecule has 0 saturated carbocycles. The summed E-state index contributed by atoms with van der Waals surface area (Å²) in [6.45, 7) is 17.6. The van der Waals surface area contributed by atoms with Crippen LogP contribution >= 0.6 is 0 Å². The number of aliphatic hydroxyl groups excluding tert-OH is 1. The average Bonchev–Trinajstić information content (AvgIpc) is 3.00. The van der Waals surface area contributed by atoms with Crippen LogP contribution in [0.25, 0.3) is 6.08 Å². The van der Waals surface area contributed by atoms with Crippen molar-refractivity contribution in [2.75, 3.05) is 13.2 Å². The van der Waals surface area contributed by atoms with Crippen molar-refractivity contribution in [2.24, 2.45) is 17.3 Å². The molecule has 6 atom stereocenters. The molecular weight excluding hydrogens is 554 g/mol. The average molecular weight is 614 g/mol. The Balaban J connectivity index is 1.64. The zero-order chi connectivity index (χ0) is 32.3. The number of aliphatic hydroxyl groups is 1. The number of allylic oxidation sites excluding steroid dienone is 1. The van der Waals surface area contributed by atoms with E-state index in [0.29, 0.717) is 32.5 Å². The van der Waals surface area contributed by atoms with Gasteiger partial charge in [0, 0.05) is 18.7 Å². The van der Waals surface area contributed by atoms with Crippen LogP contribution in [0, 0.1) is 17.3 Å². The Morgan fingerprint density at radius 2 is 1.98 bits per heavy atom. The SMILES string of the molecule is CCC(C(=O)C(C)(C)[C@@H]1CCOC(C)(C)O1)[C@@H](OC1CCCCO1)[C@@H](C)CCC/C(C)=C/C[C@H](O)/C(C)=C/c1ccccn1. The molecule has 7 nitrogen and oxygen atoms in total. The number of carbonyl (C=O) groups excluding carboxylic acids is 1. The summed E-state index contributed by atoms with van der Waals surface area (Å²) >= 11 is 0.